The van der Waals surface area contributed by atoms with Gasteiger partial charge in [-0.2, -0.15) is 5.10 Å². The van der Waals surface area contributed by atoms with E-state index in [1.165, 1.54) is 6.21 Å². The van der Waals surface area contributed by atoms with E-state index in [0.717, 1.165) is 5.56 Å². The van der Waals surface area contributed by atoms with Gasteiger partial charge in [0.25, 0.3) is 11.5 Å². The number of H-pyrrole nitrogens is 2. The maximum Gasteiger partial charge on any atom is 0.289 e. The van der Waals surface area contributed by atoms with Gasteiger partial charge in [-0.1, -0.05) is 12.1 Å². The number of aromatic amines is 2. The van der Waals surface area contributed by atoms with Gasteiger partial charge in [0, 0.05) is 11.1 Å². The molecule has 2 rings (SSSR count). The number of rotatable bonds is 4. The molecule has 0 aliphatic rings. The zero-order chi connectivity index (χ0) is 14.5. The fourth-order valence-corrected chi connectivity index (χ4v) is 1.64. The van der Waals surface area contributed by atoms with Crippen LogP contribution in [0.5, 0.6) is 5.75 Å². The Bertz CT molecular complexity index is 700. The Hall–Kier alpha value is -2.83. The molecule has 7 heteroatoms. The highest BCUT2D eigenvalue weighted by molar-refractivity contribution is 5.94. The highest BCUT2D eigenvalue weighted by Gasteiger charge is 2.12. The van der Waals surface area contributed by atoms with Crippen molar-refractivity contribution >= 4 is 12.1 Å². The minimum atomic E-state index is -0.494. The van der Waals surface area contributed by atoms with E-state index in [1.54, 1.807) is 26.2 Å². The van der Waals surface area contributed by atoms with Crippen molar-refractivity contribution in [3.05, 3.63) is 51.4 Å². The van der Waals surface area contributed by atoms with E-state index >= 15 is 0 Å². The number of carbonyl (C=O) groups excluding carboxylic acids is 1. The number of carbonyl (C=O) groups is 1. The smallest absolute Gasteiger partial charge is 0.289 e. The molecule has 7 nitrogen and oxygen atoms in total. The number of hydrazone groups is 1. The van der Waals surface area contributed by atoms with Crippen LogP contribution in [-0.4, -0.2) is 29.4 Å². The Balaban J connectivity index is 2.08. The largest absolute Gasteiger partial charge is 0.496 e. The molecule has 104 valence electrons. The molecule has 20 heavy (non-hydrogen) atoms. The molecular weight excluding hydrogens is 260 g/mol. The van der Waals surface area contributed by atoms with Crippen molar-refractivity contribution in [1.82, 2.24) is 15.6 Å². The second-order valence-corrected chi connectivity index (χ2v) is 4.02. The number of hydrogen-bond acceptors (Lipinski definition) is 4. The molecule has 1 aromatic carbocycles. The van der Waals surface area contributed by atoms with Crippen molar-refractivity contribution in [2.24, 2.45) is 5.10 Å². The first-order chi connectivity index (χ1) is 9.63. The zero-order valence-corrected chi connectivity index (χ0v) is 11.1. The summed E-state index contributed by atoms with van der Waals surface area (Å²) in [7, 11) is 1.55. The fraction of sp³-hybridized carbons (Fsp3) is 0.154. The number of benzene rings is 1. The minimum Gasteiger partial charge on any atom is -0.496 e. The van der Waals surface area contributed by atoms with Gasteiger partial charge >= 0.3 is 0 Å². The average molecular weight is 274 g/mol. The Kier molecular flexibility index (Phi) is 3.99. The Morgan fingerprint density at radius 2 is 2.10 bits per heavy atom. The van der Waals surface area contributed by atoms with Gasteiger partial charge in [0.05, 0.1) is 13.3 Å². The van der Waals surface area contributed by atoms with Crippen LogP contribution in [-0.2, 0) is 0 Å². The van der Waals surface area contributed by atoms with Crippen molar-refractivity contribution in [2.75, 3.05) is 7.11 Å². The molecule has 1 amide bonds. The van der Waals surface area contributed by atoms with E-state index in [2.05, 4.69) is 20.7 Å². The van der Waals surface area contributed by atoms with Crippen LogP contribution in [0.25, 0.3) is 0 Å². The molecule has 0 saturated heterocycles. The van der Waals surface area contributed by atoms with Crippen LogP contribution >= 0.6 is 0 Å². The molecule has 3 N–H and O–H groups in total. The summed E-state index contributed by atoms with van der Waals surface area (Å²) < 4.78 is 5.15. The van der Waals surface area contributed by atoms with Gasteiger partial charge in [-0.3, -0.25) is 19.8 Å². The molecular formula is C13H14N4O3. The molecule has 0 radical (unpaired) electrons. The lowest BCUT2D eigenvalue weighted by Crippen LogP contribution is -2.19. The van der Waals surface area contributed by atoms with E-state index in [0.29, 0.717) is 11.3 Å². The van der Waals surface area contributed by atoms with Crippen LogP contribution in [0, 0.1) is 6.92 Å². The number of para-hydroxylation sites is 1. The lowest BCUT2D eigenvalue weighted by atomic mass is 10.2. The van der Waals surface area contributed by atoms with Gasteiger partial charge < -0.3 is 4.74 Å². The van der Waals surface area contributed by atoms with Gasteiger partial charge in [0.2, 0.25) is 0 Å². The van der Waals surface area contributed by atoms with Crippen LogP contribution < -0.4 is 15.7 Å². The Morgan fingerprint density at radius 1 is 1.35 bits per heavy atom. The number of methoxy groups -OCH3 is 1. The van der Waals surface area contributed by atoms with E-state index in [1.807, 2.05) is 12.1 Å². The monoisotopic (exact) mass is 274 g/mol. The molecule has 0 spiro atoms. The standard InChI is InChI=1S/C13H14N4O3/c1-8-11(15-17-12(8)18)13(19)16-14-7-9-5-3-4-6-10(9)20-2/h3-7H,1-2H3,(H,16,19)(H2,15,17,18). The summed E-state index contributed by atoms with van der Waals surface area (Å²) in [5.41, 5.74) is 3.21. The zero-order valence-electron chi connectivity index (χ0n) is 11.1. The third kappa shape index (κ3) is 2.77. The molecule has 0 aliphatic carbocycles. The predicted molar refractivity (Wildman–Crippen MR) is 74.2 cm³/mol. The third-order valence-corrected chi connectivity index (χ3v) is 2.75. The maximum absolute atomic E-state index is 11.8. The van der Waals surface area contributed by atoms with Gasteiger partial charge in [0.15, 0.2) is 0 Å². The number of amides is 1. The predicted octanol–water partition coefficient (Wildman–Crippen LogP) is 0.784. The lowest BCUT2D eigenvalue weighted by Gasteiger charge is -2.03. The molecule has 0 bridgehead atoms. The number of ether oxygens (including phenoxy) is 1. The molecule has 0 unspecified atom stereocenters. The SMILES string of the molecule is COc1ccccc1C=NNC(=O)c1[nH][nH]c(=O)c1C. The van der Waals surface area contributed by atoms with Crippen LogP contribution in [0.15, 0.2) is 34.2 Å². The van der Waals surface area contributed by atoms with Gasteiger partial charge in [-0.15, -0.1) is 0 Å². The second kappa shape index (κ2) is 5.87. The quantitative estimate of drug-likeness (QED) is 0.567. The second-order valence-electron chi connectivity index (χ2n) is 4.02. The third-order valence-electron chi connectivity index (χ3n) is 2.75. The van der Waals surface area contributed by atoms with Crippen LogP contribution in [0.3, 0.4) is 0 Å². The van der Waals surface area contributed by atoms with Crippen molar-refractivity contribution < 1.29 is 9.53 Å². The lowest BCUT2D eigenvalue weighted by molar-refractivity contribution is 0.0949. The van der Waals surface area contributed by atoms with E-state index < -0.39 is 5.91 Å². The molecule has 0 fully saturated rings. The van der Waals surface area contributed by atoms with Crippen molar-refractivity contribution in [1.29, 1.82) is 0 Å². The number of hydrogen-bond donors (Lipinski definition) is 3. The first kappa shape index (κ1) is 13.6. The van der Waals surface area contributed by atoms with Crippen molar-refractivity contribution in [3.8, 4) is 5.75 Å². The summed E-state index contributed by atoms with van der Waals surface area (Å²) >= 11 is 0. The van der Waals surface area contributed by atoms with Gasteiger partial charge in [-0.05, 0) is 19.1 Å². The molecule has 2 aromatic rings. The highest BCUT2D eigenvalue weighted by atomic mass is 16.5. The van der Waals surface area contributed by atoms with Crippen LogP contribution in [0.4, 0.5) is 0 Å². The molecule has 1 heterocycles. The minimum absolute atomic E-state index is 0.159. The van der Waals surface area contributed by atoms with Crippen molar-refractivity contribution in [2.45, 2.75) is 6.92 Å². The van der Waals surface area contributed by atoms with Crippen molar-refractivity contribution in [3.63, 3.8) is 0 Å². The number of aromatic nitrogens is 2. The first-order valence-electron chi connectivity index (χ1n) is 5.87. The molecule has 1 aromatic heterocycles. The summed E-state index contributed by atoms with van der Waals surface area (Å²) in [5.74, 6) is 0.156. The number of nitrogens with one attached hydrogen (secondary N) is 3. The topological polar surface area (TPSA) is 99.3 Å². The average Bonchev–Trinajstić information content (AvgIpc) is 2.79. The van der Waals surface area contributed by atoms with E-state index in [9.17, 15) is 9.59 Å². The van der Waals surface area contributed by atoms with Crippen LogP contribution in [0.1, 0.15) is 21.6 Å². The summed E-state index contributed by atoms with van der Waals surface area (Å²) in [6.45, 7) is 1.55. The van der Waals surface area contributed by atoms with Gasteiger partial charge in [-0.25, -0.2) is 5.43 Å². The summed E-state index contributed by atoms with van der Waals surface area (Å²) in [5, 5.41) is 8.66. The highest BCUT2D eigenvalue weighted by Crippen LogP contribution is 2.14. The maximum atomic E-state index is 11.8. The fourth-order valence-electron chi connectivity index (χ4n) is 1.64. The summed E-state index contributed by atoms with van der Waals surface area (Å²) in [6.07, 6.45) is 1.47. The summed E-state index contributed by atoms with van der Waals surface area (Å²) in [6, 6.07) is 7.26. The molecule has 0 aliphatic heterocycles. The Morgan fingerprint density at radius 3 is 2.75 bits per heavy atom. The van der Waals surface area contributed by atoms with Gasteiger partial charge in [0.1, 0.15) is 11.4 Å². The molecule has 0 saturated carbocycles. The van der Waals surface area contributed by atoms with E-state index in [-0.39, 0.29) is 11.3 Å². The first-order valence-corrected chi connectivity index (χ1v) is 5.87. The number of nitrogens with zero attached hydrogens (tertiary/aromatic N) is 1. The summed E-state index contributed by atoms with van der Waals surface area (Å²) in [4.78, 5) is 23.0. The molecule has 0 atom stereocenters. The normalized spacial score (nSPS) is 10.7. The Labute approximate surface area is 114 Å². The van der Waals surface area contributed by atoms with E-state index in [4.69, 9.17) is 4.74 Å². The van der Waals surface area contributed by atoms with Crippen LogP contribution in [0.2, 0.25) is 0 Å².